The fourth-order valence-corrected chi connectivity index (χ4v) is 4.06. The maximum Gasteiger partial charge on any atom is 0.116 e. The van der Waals surface area contributed by atoms with Gasteiger partial charge in [-0.05, 0) is 6.92 Å². The van der Waals surface area contributed by atoms with Crippen molar-refractivity contribution in [1.29, 1.82) is 5.26 Å². The lowest BCUT2D eigenvalue weighted by atomic mass is 9.89. The number of hydrogen-bond acceptors (Lipinski definition) is 6. The van der Waals surface area contributed by atoms with E-state index in [1.807, 2.05) is 24.0 Å². The summed E-state index contributed by atoms with van der Waals surface area (Å²) in [7, 11) is 0. The third kappa shape index (κ3) is 2.83. The van der Waals surface area contributed by atoms with E-state index in [0.29, 0.717) is 6.42 Å². The van der Waals surface area contributed by atoms with E-state index in [0.717, 1.165) is 41.4 Å². The zero-order valence-electron chi connectivity index (χ0n) is 13.9. The first kappa shape index (κ1) is 16.7. The predicted octanol–water partition coefficient (Wildman–Crippen LogP) is 2.88. The molecule has 3 rings (SSSR count). The van der Waals surface area contributed by atoms with Crippen LogP contribution in [0.5, 0.6) is 0 Å². The summed E-state index contributed by atoms with van der Waals surface area (Å²) in [5, 5.41) is 13.8. The molecule has 0 amide bonds. The molecule has 1 aliphatic heterocycles. The number of nitriles is 1. The van der Waals surface area contributed by atoms with Crippen LogP contribution in [0.1, 0.15) is 24.6 Å². The van der Waals surface area contributed by atoms with E-state index in [2.05, 4.69) is 38.9 Å². The molecule has 24 heavy (non-hydrogen) atoms. The predicted molar refractivity (Wildman–Crippen MR) is 96.0 cm³/mol. The highest BCUT2D eigenvalue weighted by Gasteiger charge is 2.45. The van der Waals surface area contributed by atoms with Gasteiger partial charge >= 0.3 is 0 Å². The van der Waals surface area contributed by atoms with Crippen molar-refractivity contribution < 1.29 is 0 Å². The number of nitrogens with zero attached hydrogens (tertiary/aromatic N) is 6. The van der Waals surface area contributed by atoms with Crippen molar-refractivity contribution in [2.24, 2.45) is 0 Å². The van der Waals surface area contributed by atoms with Crippen LogP contribution in [-0.4, -0.2) is 42.9 Å². The van der Waals surface area contributed by atoms with Gasteiger partial charge in [0.05, 0.1) is 24.4 Å². The fourth-order valence-electron chi connectivity index (χ4n) is 3.03. The summed E-state index contributed by atoms with van der Waals surface area (Å²) >= 11 is 1.80. The molecule has 0 N–H and O–H groups in total. The van der Waals surface area contributed by atoms with Crippen LogP contribution in [0.4, 0.5) is 0 Å². The van der Waals surface area contributed by atoms with Crippen LogP contribution in [0.15, 0.2) is 25.3 Å². The largest absolute Gasteiger partial charge is 0.262 e. The zero-order valence-corrected chi connectivity index (χ0v) is 14.8. The fraction of sp³-hybridized carbons (Fsp3) is 0.412. The molecule has 0 spiro atoms. The van der Waals surface area contributed by atoms with Gasteiger partial charge in [0.2, 0.25) is 0 Å². The Morgan fingerprint density at radius 2 is 2.25 bits per heavy atom. The molecule has 0 aliphatic carbocycles. The van der Waals surface area contributed by atoms with Crippen LogP contribution >= 0.6 is 11.9 Å². The van der Waals surface area contributed by atoms with E-state index < -0.39 is 0 Å². The molecule has 1 fully saturated rings. The van der Waals surface area contributed by atoms with Crippen molar-refractivity contribution >= 4 is 18.0 Å². The van der Waals surface area contributed by atoms with Crippen molar-refractivity contribution in [3.05, 3.63) is 36.6 Å². The monoisotopic (exact) mass is 340 g/mol. The van der Waals surface area contributed by atoms with E-state index in [1.54, 1.807) is 24.4 Å². The lowest BCUT2D eigenvalue weighted by Crippen LogP contribution is -2.60. The van der Waals surface area contributed by atoms with Crippen LogP contribution in [0.2, 0.25) is 0 Å². The molecule has 1 aliphatic rings. The Bertz CT molecular complexity index is 785. The molecular weight excluding hydrogens is 320 g/mol. The Morgan fingerprint density at radius 1 is 1.46 bits per heavy atom. The average molecular weight is 340 g/mol. The van der Waals surface area contributed by atoms with Gasteiger partial charge in [0.15, 0.2) is 0 Å². The molecule has 7 heteroatoms. The highest BCUT2D eigenvalue weighted by atomic mass is 32.2. The number of aromatic nitrogens is 4. The third-order valence-electron chi connectivity index (χ3n) is 4.29. The van der Waals surface area contributed by atoms with E-state index >= 15 is 0 Å². The number of rotatable bonds is 6. The normalized spacial score (nSPS) is 16.4. The van der Waals surface area contributed by atoms with Gasteiger partial charge in [-0.25, -0.2) is 14.3 Å². The SMILES string of the molecule is C=Cc1c(C)ncnc1-c1cnn(C2(CC#N)CN(SCC)C2)c1. The van der Waals surface area contributed by atoms with E-state index in [1.165, 1.54) is 0 Å². The van der Waals surface area contributed by atoms with Crippen molar-refractivity contribution in [3.63, 3.8) is 0 Å². The molecular formula is C17H20N6S. The molecule has 0 unspecified atom stereocenters. The molecule has 0 atom stereocenters. The van der Waals surface area contributed by atoms with Gasteiger partial charge in [-0.3, -0.25) is 4.68 Å². The summed E-state index contributed by atoms with van der Waals surface area (Å²) < 4.78 is 4.21. The Morgan fingerprint density at radius 3 is 2.92 bits per heavy atom. The Balaban J connectivity index is 1.92. The second-order valence-corrected chi connectivity index (χ2v) is 7.23. The van der Waals surface area contributed by atoms with Crippen LogP contribution < -0.4 is 0 Å². The Hall–Kier alpha value is -2.17. The first-order valence-electron chi connectivity index (χ1n) is 7.88. The minimum Gasteiger partial charge on any atom is -0.262 e. The minimum atomic E-state index is -0.244. The third-order valence-corrected chi connectivity index (χ3v) is 5.17. The van der Waals surface area contributed by atoms with Gasteiger partial charge in [-0.2, -0.15) is 10.4 Å². The van der Waals surface area contributed by atoms with Gasteiger partial charge in [-0.1, -0.05) is 31.5 Å². The molecule has 6 nitrogen and oxygen atoms in total. The summed E-state index contributed by atoms with van der Waals surface area (Å²) in [6, 6.07) is 2.31. The second kappa shape index (κ2) is 6.75. The second-order valence-electron chi connectivity index (χ2n) is 5.87. The van der Waals surface area contributed by atoms with Crippen LogP contribution in [0.25, 0.3) is 17.3 Å². The first-order chi connectivity index (χ1) is 11.6. The first-order valence-corrected chi connectivity index (χ1v) is 8.82. The smallest absolute Gasteiger partial charge is 0.116 e. The highest BCUT2D eigenvalue weighted by molar-refractivity contribution is 7.97. The lowest BCUT2D eigenvalue weighted by Gasteiger charge is -2.48. The Labute approximate surface area is 146 Å². The van der Waals surface area contributed by atoms with Crippen LogP contribution in [0.3, 0.4) is 0 Å². The maximum atomic E-state index is 9.24. The van der Waals surface area contributed by atoms with E-state index in [-0.39, 0.29) is 5.54 Å². The van der Waals surface area contributed by atoms with E-state index in [4.69, 9.17) is 0 Å². The van der Waals surface area contributed by atoms with Crippen molar-refractivity contribution in [2.75, 3.05) is 18.8 Å². The van der Waals surface area contributed by atoms with Crippen molar-refractivity contribution in [3.8, 4) is 17.3 Å². The van der Waals surface area contributed by atoms with Crippen molar-refractivity contribution in [2.45, 2.75) is 25.8 Å². The average Bonchev–Trinajstić information content (AvgIpc) is 3.02. The summed E-state index contributed by atoms with van der Waals surface area (Å²) in [6.07, 6.45) is 7.58. The number of aryl methyl sites for hydroxylation is 1. The van der Waals surface area contributed by atoms with Crippen LogP contribution in [0, 0.1) is 18.3 Å². The van der Waals surface area contributed by atoms with Crippen molar-refractivity contribution in [1.82, 2.24) is 24.1 Å². The van der Waals surface area contributed by atoms with Gasteiger partial charge in [-0.15, -0.1) is 0 Å². The molecule has 0 saturated carbocycles. The summed E-state index contributed by atoms with van der Waals surface area (Å²) in [6.45, 7) is 9.60. The van der Waals surface area contributed by atoms with Gasteiger partial charge in [0.25, 0.3) is 0 Å². The molecule has 124 valence electrons. The maximum absolute atomic E-state index is 9.24. The quantitative estimate of drug-likeness (QED) is 0.753. The molecule has 1 saturated heterocycles. The van der Waals surface area contributed by atoms with Gasteiger partial charge in [0.1, 0.15) is 11.9 Å². The summed E-state index contributed by atoms with van der Waals surface area (Å²) in [4.78, 5) is 8.61. The molecule has 0 radical (unpaired) electrons. The van der Waals surface area contributed by atoms with Crippen LogP contribution in [-0.2, 0) is 5.54 Å². The summed E-state index contributed by atoms with van der Waals surface area (Å²) in [5.74, 6) is 1.04. The number of hydrogen-bond donors (Lipinski definition) is 0. The standard InChI is InChI=1S/C17H20N6S/c1-4-15-13(3)19-12-20-16(15)14-8-21-23(9-14)17(6-7-18)10-22(11-17)24-5-2/h4,8-9,12H,1,5-6,10-11H2,2-3H3. The Kier molecular flexibility index (Phi) is 4.69. The molecule has 0 aromatic carbocycles. The molecule has 2 aromatic rings. The highest BCUT2D eigenvalue weighted by Crippen LogP contribution is 2.37. The minimum absolute atomic E-state index is 0.244. The molecule has 0 bridgehead atoms. The topological polar surface area (TPSA) is 70.6 Å². The molecule has 3 heterocycles. The van der Waals surface area contributed by atoms with Gasteiger partial charge in [0, 0.05) is 41.9 Å². The van der Waals surface area contributed by atoms with Gasteiger partial charge < -0.3 is 0 Å². The zero-order chi connectivity index (χ0) is 17.2. The summed E-state index contributed by atoms with van der Waals surface area (Å²) in [5.41, 5.74) is 3.32. The van der Waals surface area contributed by atoms with E-state index in [9.17, 15) is 5.26 Å². The molecule has 2 aromatic heterocycles. The lowest BCUT2D eigenvalue weighted by molar-refractivity contribution is 0.0812.